The Bertz CT molecular complexity index is 723. The van der Waals surface area contributed by atoms with Crippen LogP contribution in [0.2, 0.25) is 0 Å². The van der Waals surface area contributed by atoms with Crippen LogP contribution >= 0.6 is 0 Å². The zero-order chi connectivity index (χ0) is 15.5. The Balaban J connectivity index is 1.73. The average molecular weight is 295 g/mol. The Labute approximate surface area is 128 Å². The van der Waals surface area contributed by atoms with Crippen LogP contribution in [0.3, 0.4) is 0 Å². The molecular formula is C17H17N3O2. The van der Waals surface area contributed by atoms with Gasteiger partial charge in [-0.2, -0.15) is 0 Å². The molecule has 0 spiro atoms. The highest BCUT2D eigenvalue weighted by Crippen LogP contribution is 2.19. The van der Waals surface area contributed by atoms with Gasteiger partial charge in [0, 0.05) is 24.1 Å². The van der Waals surface area contributed by atoms with Gasteiger partial charge in [-0.05, 0) is 43.5 Å². The zero-order valence-corrected chi connectivity index (χ0v) is 12.3. The lowest BCUT2D eigenvalue weighted by Gasteiger charge is -2.07. The molecule has 3 rings (SSSR count). The molecule has 22 heavy (non-hydrogen) atoms. The molecule has 2 N–H and O–H groups in total. The van der Waals surface area contributed by atoms with Crippen molar-refractivity contribution in [2.75, 3.05) is 5.32 Å². The van der Waals surface area contributed by atoms with E-state index in [-0.39, 0.29) is 17.9 Å². The van der Waals surface area contributed by atoms with Crippen LogP contribution in [0.4, 0.5) is 5.69 Å². The van der Waals surface area contributed by atoms with Crippen LogP contribution in [0.15, 0.2) is 42.7 Å². The highest BCUT2D eigenvalue weighted by atomic mass is 16.2. The van der Waals surface area contributed by atoms with E-state index in [1.54, 1.807) is 6.07 Å². The van der Waals surface area contributed by atoms with Gasteiger partial charge < -0.3 is 10.6 Å². The monoisotopic (exact) mass is 295 g/mol. The molecule has 112 valence electrons. The minimum atomic E-state index is -0.279. The van der Waals surface area contributed by atoms with E-state index in [4.69, 9.17) is 0 Å². The predicted octanol–water partition coefficient (Wildman–Crippen LogP) is 2.53. The van der Waals surface area contributed by atoms with Crippen LogP contribution in [0.1, 0.15) is 39.1 Å². The molecule has 1 aromatic heterocycles. The van der Waals surface area contributed by atoms with E-state index in [1.807, 2.05) is 31.2 Å². The van der Waals surface area contributed by atoms with Gasteiger partial charge in [0.1, 0.15) is 0 Å². The van der Waals surface area contributed by atoms with Crippen LogP contribution < -0.4 is 10.6 Å². The number of nitrogens with one attached hydrogen (secondary N) is 2. The summed E-state index contributed by atoms with van der Waals surface area (Å²) < 4.78 is 0. The first-order valence-electron chi connectivity index (χ1n) is 7.26. The fourth-order valence-corrected chi connectivity index (χ4v) is 2.11. The summed E-state index contributed by atoms with van der Waals surface area (Å²) in [5.41, 5.74) is 2.56. The molecule has 2 amide bonds. The number of carbonyl (C=O) groups excluding carboxylic acids is 2. The molecule has 0 bridgehead atoms. The summed E-state index contributed by atoms with van der Waals surface area (Å²) in [6.45, 7) is 1.96. The molecule has 5 nitrogen and oxygen atoms in total. The number of aryl methyl sites for hydroxylation is 1. The fourth-order valence-electron chi connectivity index (χ4n) is 2.11. The molecule has 1 saturated carbocycles. The second-order valence-corrected chi connectivity index (χ2v) is 5.53. The van der Waals surface area contributed by atoms with Crippen molar-refractivity contribution >= 4 is 17.5 Å². The van der Waals surface area contributed by atoms with Crippen LogP contribution in [0, 0.1) is 6.92 Å². The van der Waals surface area contributed by atoms with Crippen molar-refractivity contribution < 1.29 is 9.59 Å². The van der Waals surface area contributed by atoms with Gasteiger partial charge in [0.15, 0.2) is 0 Å². The second kappa shape index (κ2) is 5.97. The molecule has 0 radical (unpaired) electrons. The third-order valence-electron chi connectivity index (χ3n) is 3.45. The van der Waals surface area contributed by atoms with Gasteiger partial charge in [-0.1, -0.05) is 12.1 Å². The molecule has 0 saturated heterocycles. The second-order valence-electron chi connectivity index (χ2n) is 5.53. The highest BCUT2D eigenvalue weighted by Gasteiger charge is 2.24. The predicted molar refractivity (Wildman–Crippen MR) is 83.9 cm³/mol. The van der Waals surface area contributed by atoms with Crippen LogP contribution in [-0.4, -0.2) is 22.8 Å². The molecular weight excluding hydrogens is 278 g/mol. The van der Waals surface area contributed by atoms with E-state index in [2.05, 4.69) is 15.6 Å². The SMILES string of the molecule is Cc1cccc(NC(=O)c2cncc(C(=O)NC3CC3)c2)c1. The molecule has 0 unspecified atom stereocenters. The van der Waals surface area contributed by atoms with E-state index in [1.165, 1.54) is 12.4 Å². The number of aromatic nitrogens is 1. The van der Waals surface area contributed by atoms with Gasteiger partial charge >= 0.3 is 0 Å². The number of amides is 2. The number of rotatable bonds is 4. The number of benzene rings is 1. The zero-order valence-electron chi connectivity index (χ0n) is 12.3. The molecule has 5 heteroatoms. The maximum absolute atomic E-state index is 12.3. The Hall–Kier alpha value is -2.69. The van der Waals surface area contributed by atoms with Crippen LogP contribution in [0.5, 0.6) is 0 Å². The minimum Gasteiger partial charge on any atom is -0.349 e. The molecule has 1 aliphatic carbocycles. The van der Waals surface area contributed by atoms with Crippen molar-refractivity contribution in [3.63, 3.8) is 0 Å². The summed E-state index contributed by atoms with van der Waals surface area (Å²) in [5.74, 6) is -0.459. The summed E-state index contributed by atoms with van der Waals surface area (Å²) >= 11 is 0. The summed E-state index contributed by atoms with van der Waals surface area (Å²) in [4.78, 5) is 28.2. The largest absolute Gasteiger partial charge is 0.349 e. The Kier molecular flexibility index (Phi) is 3.87. The van der Waals surface area contributed by atoms with Gasteiger partial charge in [-0.15, -0.1) is 0 Å². The topological polar surface area (TPSA) is 71.1 Å². The van der Waals surface area contributed by atoms with Crippen molar-refractivity contribution in [3.05, 3.63) is 59.4 Å². The molecule has 1 aromatic carbocycles. The van der Waals surface area contributed by atoms with Crippen molar-refractivity contribution in [2.45, 2.75) is 25.8 Å². The van der Waals surface area contributed by atoms with Crippen molar-refractivity contribution in [3.8, 4) is 0 Å². The van der Waals surface area contributed by atoms with Gasteiger partial charge in [-0.3, -0.25) is 14.6 Å². The average Bonchev–Trinajstić information content (AvgIpc) is 3.31. The minimum absolute atomic E-state index is 0.180. The van der Waals surface area contributed by atoms with Gasteiger partial charge in [0.2, 0.25) is 0 Å². The van der Waals surface area contributed by atoms with Crippen LogP contribution in [0.25, 0.3) is 0 Å². The van der Waals surface area contributed by atoms with Crippen molar-refractivity contribution in [2.24, 2.45) is 0 Å². The summed E-state index contributed by atoms with van der Waals surface area (Å²) in [7, 11) is 0. The first kappa shape index (κ1) is 14.3. The normalized spacial score (nSPS) is 13.5. The molecule has 0 aliphatic heterocycles. The first-order chi connectivity index (χ1) is 10.6. The third-order valence-corrected chi connectivity index (χ3v) is 3.45. The number of pyridine rings is 1. The van der Waals surface area contributed by atoms with Gasteiger partial charge in [-0.25, -0.2) is 0 Å². The molecule has 0 atom stereocenters. The van der Waals surface area contributed by atoms with E-state index in [0.29, 0.717) is 11.1 Å². The molecule has 2 aromatic rings. The quantitative estimate of drug-likeness (QED) is 0.910. The first-order valence-corrected chi connectivity index (χ1v) is 7.26. The Morgan fingerprint density at radius 3 is 2.50 bits per heavy atom. The summed E-state index contributed by atoms with van der Waals surface area (Å²) in [6.07, 6.45) is 4.97. The van der Waals surface area contributed by atoms with E-state index in [0.717, 1.165) is 24.1 Å². The van der Waals surface area contributed by atoms with Crippen molar-refractivity contribution in [1.82, 2.24) is 10.3 Å². The van der Waals surface area contributed by atoms with Gasteiger partial charge in [0.25, 0.3) is 11.8 Å². The lowest BCUT2D eigenvalue weighted by atomic mass is 10.1. The van der Waals surface area contributed by atoms with Crippen molar-refractivity contribution in [1.29, 1.82) is 0 Å². The lowest BCUT2D eigenvalue weighted by Crippen LogP contribution is -2.26. The highest BCUT2D eigenvalue weighted by molar-refractivity contribution is 6.05. The maximum Gasteiger partial charge on any atom is 0.257 e. The van der Waals surface area contributed by atoms with E-state index in [9.17, 15) is 9.59 Å². The number of hydrogen-bond acceptors (Lipinski definition) is 3. The summed E-state index contributed by atoms with van der Waals surface area (Å²) in [5, 5.41) is 5.69. The fraction of sp³-hybridized carbons (Fsp3) is 0.235. The smallest absolute Gasteiger partial charge is 0.257 e. The molecule has 1 fully saturated rings. The standard InChI is InChI=1S/C17H17N3O2/c1-11-3-2-4-15(7-11)20-17(22)13-8-12(9-18-10-13)16(21)19-14-5-6-14/h2-4,7-10,14H,5-6H2,1H3,(H,19,21)(H,20,22). The Morgan fingerprint density at radius 2 is 1.82 bits per heavy atom. The number of nitrogens with zero attached hydrogens (tertiary/aromatic N) is 1. The van der Waals surface area contributed by atoms with Crippen LogP contribution in [-0.2, 0) is 0 Å². The molecule has 1 heterocycles. The summed E-state index contributed by atoms with van der Waals surface area (Å²) in [6, 6.07) is 9.38. The van der Waals surface area contributed by atoms with E-state index >= 15 is 0 Å². The maximum atomic E-state index is 12.3. The number of anilines is 1. The Morgan fingerprint density at radius 1 is 1.09 bits per heavy atom. The molecule has 1 aliphatic rings. The number of hydrogen-bond donors (Lipinski definition) is 2. The van der Waals surface area contributed by atoms with Gasteiger partial charge in [0.05, 0.1) is 11.1 Å². The third kappa shape index (κ3) is 3.49. The van der Waals surface area contributed by atoms with E-state index < -0.39 is 0 Å². The lowest BCUT2D eigenvalue weighted by molar-refractivity contribution is 0.0950. The number of carbonyl (C=O) groups is 2.